The molecule has 364 valence electrons. The second-order valence-corrected chi connectivity index (χ2v) is 21.9. The molecule has 6 aromatic heterocycles. The number of methoxy groups -OCH3 is 2. The lowest BCUT2D eigenvalue weighted by Gasteiger charge is -2.20. The second-order valence-electron chi connectivity index (χ2n) is 17.2. The average molecular weight is 985 g/mol. The largest absolute Gasteiger partial charge is 0.495 e. The number of rotatable bonds is 16. The molecule has 8 aromatic rings. The molecule has 4 atom stereocenters. The molecule has 0 saturated carbocycles. The van der Waals surface area contributed by atoms with Gasteiger partial charge in [-0.25, -0.2) is 16.8 Å². The third-order valence-corrected chi connectivity index (χ3v) is 16.5. The van der Waals surface area contributed by atoms with Crippen molar-refractivity contribution in [3.05, 3.63) is 156 Å². The number of benzene rings is 2. The van der Waals surface area contributed by atoms with Gasteiger partial charge in [0, 0.05) is 72.5 Å². The Morgan fingerprint density at radius 1 is 0.500 bits per heavy atom. The van der Waals surface area contributed by atoms with E-state index in [1.807, 2.05) is 102 Å². The van der Waals surface area contributed by atoms with E-state index in [-0.39, 0.29) is 23.3 Å². The molecule has 0 aliphatic rings. The number of aromatic nitrogens is 12. The van der Waals surface area contributed by atoms with E-state index in [0.717, 1.165) is 33.6 Å². The van der Waals surface area contributed by atoms with E-state index in [0.29, 0.717) is 57.6 Å². The van der Waals surface area contributed by atoms with Gasteiger partial charge in [0.1, 0.15) is 23.0 Å². The number of para-hydroxylation sites is 4. The van der Waals surface area contributed by atoms with Crippen LogP contribution in [0.4, 0.5) is 0 Å². The zero-order chi connectivity index (χ0) is 50.3. The van der Waals surface area contributed by atoms with Crippen LogP contribution in [-0.4, -0.2) is 101 Å². The summed E-state index contributed by atoms with van der Waals surface area (Å²) in [6.07, 6.45) is 13.4. The molecular weight excluding hydrogens is 929 g/mol. The minimum Gasteiger partial charge on any atom is -0.495 e. The van der Waals surface area contributed by atoms with Crippen LogP contribution in [0.15, 0.2) is 110 Å². The molecule has 0 aliphatic carbocycles. The van der Waals surface area contributed by atoms with Crippen LogP contribution in [0.5, 0.6) is 11.5 Å². The Balaban J connectivity index is 0.000000206. The molecule has 2 aromatic carbocycles. The molecule has 0 radical (unpaired) electrons. The highest BCUT2D eigenvalue weighted by atomic mass is 32.2. The molecule has 70 heavy (non-hydrogen) atoms. The summed E-state index contributed by atoms with van der Waals surface area (Å²) in [5.74, 6) is 1.40. The van der Waals surface area contributed by atoms with E-state index in [4.69, 9.17) is 9.47 Å². The summed E-state index contributed by atoms with van der Waals surface area (Å²) in [4.78, 5) is 25.8. The molecule has 0 bridgehead atoms. The molecule has 6 heterocycles. The predicted octanol–water partition coefficient (Wildman–Crippen LogP) is 7.70. The highest BCUT2D eigenvalue weighted by molar-refractivity contribution is 7.91. The maximum absolute atomic E-state index is 13.5. The van der Waals surface area contributed by atoms with Crippen molar-refractivity contribution in [2.75, 3.05) is 14.2 Å². The third kappa shape index (κ3) is 11.2. The van der Waals surface area contributed by atoms with Gasteiger partial charge >= 0.3 is 0 Å². The van der Waals surface area contributed by atoms with Crippen molar-refractivity contribution in [2.45, 2.75) is 89.2 Å². The fraction of sp³-hybridized carbons (Fsp3) is 0.320. The van der Waals surface area contributed by atoms with Gasteiger partial charge in [0.05, 0.1) is 58.9 Å². The molecular formula is C50H56N12O6S2. The maximum Gasteiger partial charge on any atom is 0.170 e. The number of nitrogens with zero attached hydrogens (tertiary/aromatic N) is 12. The Kier molecular flexibility index (Phi) is 15.6. The zero-order valence-corrected chi connectivity index (χ0v) is 42.4. The Bertz CT molecular complexity index is 3090. The van der Waals surface area contributed by atoms with E-state index >= 15 is 0 Å². The molecule has 0 fully saturated rings. The van der Waals surface area contributed by atoms with Crippen LogP contribution in [0.25, 0.3) is 34.2 Å². The van der Waals surface area contributed by atoms with E-state index in [2.05, 4.69) is 50.3 Å². The van der Waals surface area contributed by atoms with Crippen molar-refractivity contribution in [3.8, 4) is 45.6 Å². The summed E-state index contributed by atoms with van der Waals surface area (Å²) in [5, 5.41) is 15.9. The molecule has 0 unspecified atom stereocenters. The van der Waals surface area contributed by atoms with Gasteiger partial charge in [0.25, 0.3) is 0 Å². The smallest absolute Gasteiger partial charge is 0.170 e. The van der Waals surface area contributed by atoms with Gasteiger partial charge < -0.3 is 9.47 Å². The molecule has 0 spiro atoms. The molecule has 0 N–H and O–H groups in total. The van der Waals surface area contributed by atoms with Crippen LogP contribution < -0.4 is 9.47 Å². The molecule has 8 rings (SSSR count). The summed E-state index contributed by atoms with van der Waals surface area (Å²) in [7, 11) is -4.15. The molecule has 20 heteroatoms. The minimum absolute atomic E-state index is 0.292. The van der Waals surface area contributed by atoms with Gasteiger partial charge in [-0.3, -0.25) is 39.0 Å². The summed E-state index contributed by atoms with van der Waals surface area (Å²) in [5.41, 5.74) is 7.46. The lowest BCUT2D eigenvalue weighted by Crippen LogP contribution is -2.27. The number of ether oxygens (including phenoxy) is 2. The van der Waals surface area contributed by atoms with Crippen molar-refractivity contribution in [1.29, 1.82) is 0 Å². The van der Waals surface area contributed by atoms with Crippen LogP contribution in [0, 0.1) is 27.7 Å². The Labute approximate surface area is 408 Å². The first-order valence-electron chi connectivity index (χ1n) is 22.4. The van der Waals surface area contributed by atoms with Crippen LogP contribution >= 0.6 is 0 Å². The normalized spacial score (nSPS) is 13.4. The topological polar surface area (TPSA) is 225 Å². The lowest BCUT2D eigenvalue weighted by atomic mass is 10.1. The third-order valence-electron chi connectivity index (χ3n) is 12.1. The Hall–Kier alpha value is -7.32. The number of aryl methyl sites for hydroxylation is 4. The van der Waals surface area contributed by atoms with E-state index in [9.17, 15) is 16.8 Å². The fourth-order valence-corrected chi connectivity index (χ4v) is 10.8. The van der Waals surface area contributed by atoms with Crippen molar-refractivity contribution in [2.24, 2.45) is 0 Å². The number of pyridine rings is 2. The standard InChI is InChI=1S/2C25H28N6O3S/c2*1-16-10-20(13-26-11-16)25-30-29-24(31(25)22-8-6-7-9-23(22)34-5)15-35(32,33)19(4)18(3)21-14-27-17(2)12-28-21/h2*6-14,18-19H,15H2,1-5H3/t2*18-,19-/m00/s1. The molecule has 0 aliphatic heterocycles. The summed E-state index contributed by atoms with van der Waals surface area (Å²) >= 11 is 0. The van der Waals surface area contributed by atoms with Crippen LogP contribution in [-0.2, 0) is 31.2 Å². The highest BCUT2D eigenvalue weighted by Crippen LogP contribution is 2.34. The van der Waals surface area contributed by atoms with Gasteiger partial charge in [-0.15, -0.1) is 20.4 Å². The van der Waals surface area contributed by atoms with Crippen LogP contribution in [0.2, 0.25) is 0 Å². The number of hydrogen-bond acceptors (Lipinski definition) is 16. The van der Waals surface area contributed by atoms with E-state index in [1.165, 1.54) is 0 Å². The summed E-state index contributed by atoms with van der Waals surface area (Å²) < 4.78 is 68.8. The monoisotopic (exact) mass is 984 g/mol. The van der Waals surface area contributed by atoms with Gasteiger partial charge in [-0.05, 0) is 89.1 Å². The quantitative estimate of drug-likeness (QED) is 0.0904. The SMILES string of the molecule is COc1ccccc1-n1c(CS(=O)(=O)[C@@H](C)[C@H](C)c2cnc(C)cn2)nnc1-c1cncc(C)c1.COc1ccccc1-n1c(CS(=O)(=O)[C@@H](C)[C@H](C)c2cnc(C)cn2)nnc1-c1cncc(C)c1. The van der Waals surface area contributed by atoms with Crippen molar-refractivity contribution < 1.29 is 26.3 Å². The van der Waals surface area contributed by atoms with Crippen LogP contribution in [0.3, 0.4) is 0 Å². The highest BCUT2D eigenvalue weighted by Gasteiger charge is 2.33. The Morgan fingerprint density at radius 2 is 0.886 bits per heavy atom. The first-order valence-corrected chi connectivity index (χ1v) is 25.8. The van der Waals surface area contributed by atoms with Crippen molar-refractivity contribution in [1.82, 2.24) is 59.4 Å². The van der Waals surface area contributed by atoms with Gasteiger partial charge in [-0.1, -0.05) is 38.1 Å². The average Bonchev–Trinajstić information content (AvgIpc) is 3.97. The Morgan fingerprint density at radius 3 is 1.23 bits per heavy atom. The first-order chi connectivity index (χ1) is 33.4. The lowest BCUT2D eigenvalue weighted by molar-refractivity contribution is 0.412. The van der Waals surface area contributed by atoms with Gasteiger partial charge in [0.2, 0.25) is 0 Å². The molecule has 18 nitrogen and oxygen atoms in total. The maximum atomic E-state index is 13.5. The molecule has 0 saturated heterocycles. The van der Waals surface area contributed by atoms with E-state index in [1.54, 1.807) is 86.8 Å². The number of sulfone groups is 2. The van der Waals surface area contributed by atoms with E-state index < -0.39 is 30.2 Å². The van der Waals surface area contributed by atoms with Crippen molar-refractivity contribution >= 4 is 19.7 Å². The minimum atomic E-state index is -3.65. The first kappa shape index (κ1) is 50.6. The van der Waals surface area contributed by atoms with Crippen molar-refractivity contribution in [3.63, 3.8) is 0 Å². The summed E-state index contributed by atoms with van der Waals surface area (Å²) in [6.45, 7) is 14.6. The number of hydrogen-bond donors (Lipinski definition) is 0. The summed E-state index contributed by atoms with van der Waals surface area (Å²) in [6, 6.07) is 18.6. The zero-order valence-electron chi connectivity index (χ0n) is 40.7. The fourth-order valence-electron chi connectivity index (χ4n) is 7.68. The van der Waals surface area contributed by atoms with Crippen LogP contribution in [0.1, 0.15) is 85.1 Å². The van der Waals surface area contributed by atoms with Gasteiger partial charge in [0.15, 0.2) is 43.0 Å². The molecule has 0 amide bonds. The second kappa shape index (κ2) is 21.5. The van der Waals surface area contributed by atoms with Gasteiger partial charge in [-0.2, -0.15) is 0 Å². The predicted molar refractivity (Wildman–Crippen MR) is 266 cm³/mol.